The summed E-state index contributed by atoms with van der Waals surface area (Å²) in [4.78, 5) is 24.8. The number of hydrogen-bond donors (Lipinski definition) is 0. The first kappa shape index (κ1) is 31.9. The molecule has 6 heteroatoms. The Kier molecular flexibility index (Phi) is 13.4. The van der Waals surface area contributed by atoms with E-state index in [-0.39, 0.29) is 5.75 Å². The maximum atomic E-state index is 14.7. The van der Waals surface area contributed by atoms with Crippen LogP contribution in [0.4, 0.5) is 4.39 Å². The largest absolute Gasteiger partial charge is 0.491 e. The van der Waals surface area contributed by atoms with Gasteiger partial charge in [-0.2, -0.15) is 0 Å². The molecule has 0 aliphatic carbocycles. The third-order valence-corrected chi connectivity index (χ3v) is 7.14. The molecule has 3 rings (SSSR count). The number of esters is 2. The lowest BCUT2D eigenvalue weighted by Gasteiger charge is -2.10. The second kappa shape index (κ2) is 17.2. The van der Waals surface area contributed by atoms with E-state index in [1.165, 1.54) is 44.6 Å². The molecular weight excluding hydrogens is 519 g/mol. The third-order valence-electron chi connectivity index (χ3n) is 7.14. The standard InChI is InChI=1S/C35H43FO5/c1-4-6-7-8-9-10-11-12-23-39-33-22-19-30(24-32(33)36)27-13-15-29(16-14-27)35(38)41-31-20-17-28(18-21-31)34(37)40-25-26(3)5-2/h13-22,24,26H,4-12,23,25H2,1-3H3. The quantitative estimate of drug-likeness (QED) is 0.0931. The zero-order chi connectivity index (χ0) is 29.5. The van der Waals surface area contributed by atoms with Crippen LogP contribution in [0.1, 0.15) is 99.3 Å². The molecule has 0 bridgehead atoms. The van der Waals surface area contributed by atoms with E-state index in [1.807, 2.05) is 19.9 Å². The van der Waals surface area contributed by atoms with Gasteiger partial charge in [-0.15, -0.1) is 0 Å². The van der Waals surface area contributed by atoms with Crippen molar-refractivity contribution in [2.45, 2.75) is 78.6 Å². The van der Waals surface area contributed by atoms with Crippen LogP contribution < -0.4 is 9.47 Å². The van der Waals surface area contributed by atoms with Crippen LogP contribution in [0.25, 0.3) is 11.1 Å². The number of rotatable bonds is 17. The average molecular weight is 563 g/mol. The highest BCUT2D eigenvalue weighted by molar-refractivity contribution is 5.92. The van der Waals surface area contributed by atoms with E-state index in [9.17, 15) is 14.0 Å². The molecule has 3 aromatic carbocycles. The van der Waals surface area contributed by atoms with Gasteiger partial charge in [0.1, 0.15) is 5.75 Å². The van der Waals surface area contributed by atoms with Gasteiger partial charge in [-0.3, -0.25) is 0 Å². The number of carbonyl (C=O) groups is 2. The fourth-order valence-corrected chi connectivity index (χ4v) is 4.26. The number of unbranched alkanes of at least 4 members (excludes halogenated alkanes) is 7. The normalized spacial score (nSPS) is 11.6. The first-order valence-corrected chi connectivity index (χ1v) is 14.9. The minimum Gasteiger partial charge on any atom is -0.491 e. The van der Waals surface area contributed by atoms with E-state index in [2.05, 4.69) is 6.92 Å². The Hall–Kier alpha value is -3.67. The smallest absolute Gasteiger partial charge is 0.343 e. The molecule has 0 heterocycles. The summed E-state index contributed by atoms with van der Waals surface area (Å²) < 4.78 is 31.1. The molecule has 3 aromatic rings. The zero-order valence-corrected chi connectivity index (χ0v) is 24.6. The van der Waals surface area contributed by atoms with Gasteiger partial charge in [0.25, 0.3) is 0 Å². The topological polar surface area (TPSA) is 61.8 Å². The predicted octanol–water partition coefficient (Wildman–Crippen LogP) is 9.43. The van der Waals surface area contributed by atoms with Crippen LogP contribution in [0.2, 0.25) is 0 Å². The van der Waals surface area contributed by atoms with Crippen LogP contribution in [0.5, 0.6) is 11.5 Å². The van der Waals surface area contributed by atoms with Gasteiger partial charge >= 0.3 is 11.9 Å². The summed E-state index contributed by atoms with van der Waals surface area (Å²) in [6.45, 7) is 7.16. The van der Waals surface area contributed by atoms with Gasteiger partial charge in [-0.05, 0) is 72.0 Å². The number of ether oxygens (including phenoxy) is 3. The molecule has 220 valence electrons. The Morgan fingerprint density at radius 1 is 0.732 bits per heavy atom. The lowest BCUT2D eigenvalue weighted by atomic mass is 10.0. The number of benzene rings is 3. The molecule has 0 N–H and O–H groups in total. The van der Waals surface area contributed by atoms with E-state index >= 15 is 0 Å². The Morgan fingerprint density at radius 3 is 1.95 bits per heavy atom. The molecule has 0 aliphatic rings. The van der Waals surface area contributed by atoms with Crippen molar-refractivity contribution >= 4 is 11.9 Å². The molecule has 0 saturated carbocycles. The molecule has 1 unspecified atom stereocenters. The van der Waals surface area contributed by atoms with Crippen LogP contribution in [-0.2, 0) is 4.74 Å². The zero-order valence-electron chi connectivity index (χ0n) is 24.6. The second-order valence-electron chi connectivity index (χ2n) is 10.6. The maximum Gasteiger partial charge on any atom is 0.343 e. The second-order valence-corrected chi connectivity index (χ2v) is 10.6. The van der Waals surface area contributed by atoms with Crippen molar-refractivity contribution in [3.8, 4) is 22.6 Å². The molecule has 1 atom stereocenters. The summed E-state index contributed by atoms with van der Waals surface area (Å²) in [6, 6.07) is 18.0. The summed E-state index contributed by atoms with van der Waals surface area (Å²) in [5.74, 6) is -0.461. The highest BCUT2D eigenvalue weighted by atomic mass is 19.1. The first-order valence-electron chi connectivity index (χ1n) is 14.9. The average Bonchev–Trinajstić information content (AvgIpc) is 3.00. The molecule has 0 spiro atoms. The fourth-order valence-electron chi connectivity index (χ4n) is 4.26. The van der Waals surface area contributed by atoms with Crippen LogP contribution in [0.3, 0.4) is 0 Å². The fraction of sp³-hybridized carbons (Fsp3) is 0.429. The Balaban J connectivity index is 1.46. The van der Waals surface area contributed by atoms with Crippen molar-refractivity contribution in [1.29, 1.82) is 0 Å². The predicted molar refractivity (Wildman–Crippen MR) is 161 cm³/mol. The first-order chi connectivity index (χ1) is 19.9. The van der Waals surface area contributed by atoms with Crippen LogP contribution >= 0.6 is 0 Å². The Labute approximate surface area is 244 Å². The van der Waals surface area contributed by atoms with E-state index in [1.54, 1.807) is 54.6 Å². The Morgan fingerprint density at radius 2 is 1.32 bits per heavy atom. The number of halogens is 1. The molecule has 0 saturated heterocycles. The van der Waals surface area contributed by atoms with Crippen molar-refractivity contribution in [2.24, 2.45) is 5.92 Å². The highest BCUT2D eigenvalue weighted by Crippen LogP contribution is 2.27. The van der Waals surface area contributed by atoms with E-state index in [0.717, 1.165) is 24.8 Å². The maximum absolute atomic E-state index is 14.7. The van der Waals surface area contributed by atoms with E-state index in [4.69, 9.17) is 14.2 Å². The lowest BCUT2D eigenvalue weighted by Crippen LogP contribution is -2.12. The third kappa shape index (κ3) is 10.7. The van der Waals surface area contributed by atoms with Crippen LogP contribution in [-0.4, -0.2) is 25.2 Å². The number of hydrogen-bond acceptors (Lipinski definition) is 5. The lowest BCUT2D eigenvalue weighted by molar-refractivity contribution is 0.0447. The van der Waals surface area contributed by atoms with Gasteiger partial charge in [0.2, 0.25) is 0 Å². The molecular formula is C35H43FO5. The van der Waals surface area contributed by atoms with Crippen LogP contribution in [0, 0.1) is 11.7 Å². The summed E-state index contributed by atoms with van der Waals surface area (Å²) in [6.07, 6.45) is 10.6. The van der Waals surface area contributed by atoms with Crippen molar-refractivity contribution < 1.29 is 28.2 Å². The minimum absolute atomic E-state index is 0.256. The van der Waals surface area contributed by atoms with Gasteiger partial charge in [-0.25, -0.2) is 14.0 Å². The van der Waals surface area contributed by atoms with Gasteiger partial charge in [0.15, 0.2) is 11.6 Å². The monoisotopic (exact) mass is 562 g/mol. The van der Waals surface area contributed by atoms with Gasteiger partial charge in [0.05, 0.1) is 24.3 Å². The van der Waals surface area contributed by atoms with Gasteiger partial charge in [-0.1, -0.05) is 90.3 Å². The van der Waals surface area contributed by atoms with Crippen LogP contribution in [0.15, 0.2) is 66.7 Å². The molecule has 0 radical (unpaired) electrons. The minimum atomic E-state index is -0.528. The molecule has 0 amide bonds. The highest BCUT2D eigenvalue weighted by Gasteiger charge is 2.13. The summed E-state index contributed by atoms with van der Waals surface area (Å²) in [7, 11) is 0. The van der Waals surface area contributed by atoms with Gasteiger partial charge in [0, 0.05) is 0 Å². The number of carbonyl (C=O) groups excluding carboxylic acids is 2. The summed E-state index contributed by atoms with van der Waals surface area (Å²) in [5.41, 5.74) is 2.22. The SMILES string of the molecule is CCCCCCCCCCOc1ccc(-c2ccc(C(=O)Oc3ccc(C(=O)OCC(C)CC)cc3)cc2)cc1F. The van der Waals surface area contributed by atoms with E-state index in [0.29, 0.717) is 41.6 Å². The molecule has 0 aromatic heterocycles. The van der Waals surface area contributed by atoms with Crippen molar-refractivity contribution in [2.75, 3.05) is 13.2 Å². The molecule has 0 aliphatic heterocycles. The van der Waals surface area contributed by atoms with Crippen molar-refractivity contribution in [3.63, 3.8) is 0 Å². The van der Waals surface area contributed by atoms with E-state index < -0.39 is 17.8 Å². The van der Waals surface area contributed by atoms with Crippen molar-refractivity contribution in [3.05, 3.63) is 83.7 Å². The Bertz CT molecular complexity index is 1220. The van der Waals surface area contributed by atoms with Crippen molar-refractivity contribution in [1.82, 2.24) is 0 Å². The molecule has 0 fully saturated rings. The summed E-state index contributed by atoms with van der Waals surface area (Å²) >= 11 is 0. The molecule has 41 heavy (non-hydrogen) atoms. The van der Waals surface area contributed by atoms with Gasteiger partial charge < -0.3 is 14.2 Å². The summed E-state index contributed by atoms with van der Waals surface area (Å²) in [5, 5.41) is 0. The molecule has 5 nitrogen and oxygen atoms in total.